The zero-order chi connectivity index (χ0) is 14.5. The summed E-state index contributed by atoms with van der Waals surface area (Å²) in [4.78, 5) is 14.0. The van der Waals surface area contributed by atoms with Gasteiger partial charge in [0.05, 0.1) is 12.7 Å². The minimum absolute atomic E-state index is 0.110. The highest BCUT2D eigenvalue weighted by Crippen LogP contribution is 2.17. The van der Waals surface area contributed by atoms with Crippen molar-refractivity contribution in [2.45, 2.75) is 25.9 Å². The monoisotopic (exact) mass is 280 g/mol. The molecule has 0 radical (unpaired) electrons. The number of piperidine rings is 1. The summed E-state index contributed by atoms with van der Waals surface area (Å²) in [6.45, 7) is 4.04. The SMILES string of the molecule is Cc1ccc(C(=O)N2CCC(OCCN)CC2)cc1F. The first kappa shape index (κ1) is 14.9. The Morgan fingerprint density at radius 1 is 1.45 bits per heavy atom. The Balaban J connectivity index is 1.92. The zero-order valence-electron chi connectivity index (χ0n) is 11.8. The lowest BCUT2D eigenvalue weighted by Gasteiger charge is -2.32. The number of halogens is 1. The fourth-order valence-corrected chi connectivity index (χ4v) is 2.37. The van der Waals surface area contributed by atoms with Crippen LogP contribution in [0.2, 0.25) is 0 Å². The molecule has 1 heterocycles. The quantitative estimate of drug-likeness (QED) is 0.913. The number of rotatable bonds is 4. The second kappa shape index (κ2) is 6.81. The van der Waals surface area contributed by atoms with Gasteiger partial charge in [-0.25, -0.2) is 4.39 Å². The van der Waals surface area contributed by atoms with Crippen LogP contribution < -0.4 is 5.73 Å². The van der Waals surface area contributed by atoms with Crippen LogP contribution in [0, 0.1) is 12.7 Å². The number of likely N-dealkylation sites (tertiary alicyclic amines) is 1. The highest BCUT2D eigenvalue weighted by atomic mass is 19.1. The Labute approximate surface area is 118 Å². The molecule has 20 heavy (non-hydrogen) atoms. The molecule has 1 aromatic rings. The maximum atomic E-state index is 13.5. The standard InChI is InChI=1S/C15H21FN2O2/c1-11-2-3-12(10-14(11)16)15(19)18-7-4-13(5-8-18)20-9-6-17/h2-3,10,13H,4-9,17H2,1H3. The molecular weight excluding hydrogens is 259 g/mol. The summed E-state index contributed by atoms with van der Waals surface area (Å²) in [5, 5.41) is 0. The van der Waals surface area contributed by atoms with Crippen molar-refractivity contribution in [2.75, 3.05) is 26.2 Å². The lowest BCUT2D eigenvalue weighted by Crippen LogP contribution is -2.41. The van der Waals surface area contributed by atoms with Crippen molar-refractivity contribution < 1.29 is 13.9 Å². The number of nitrogens with zero attached hydrogens (tertiary/aromatic N) is 1. The van der Waals surface area contributed by atoms with E-state index in [1.54, 1.807) is 24.0 Å². The van der Waals surface area contributed by atoms with E-state index in [9.17, 15) is 9.18 Å². The number of hydrogen-bond acceptors (Lipinski definition) is 3. The Morgan fingerprint density at radius 2 is 2.15 bits per heavy atom. The first-order chi connectivity index (χ1) is 9.61. The normalized spacial score (nSPS) is 16.4. The van der Waals surface area contributed by atoms with Crippen molar-refractivity contribution in [3.8, 4) is 0 Å². The molecule has 0 bridgehead atoms. The maximum Gasteiger partial charge on any atom is 0.253 e. The number of carbonyl (C=O) groups is 1. The van der Waals surface area contributed by atoms with Gasteiger partial charge in [-0.1, -0.05) is 6.07 Å². The average Bonchev–Trinajstić information content (AvgIpc) is 2.48. The van der Waals surface area contributed by atoms with Gasteiger partial charge < -0.3 is 15.4 Å². The molecule has 1 saturated heterocycles. The van der Waals surface area contributed by atoms with E-state index in [4.69, 9.17) is 10.5 Å². The number of aryl methyl sites for hydroxylation is 1. The molecule has 1 amide bonds. The summed E-state index contributed by atoms with van der Waals surface area (Å²) >= 11 is 0. The lowest BCUT2D eigenvalue weighted by atomic mass is 10.1. The largest absolute Gasteiger partial charge is 0.377 e. The van der Waals surface area contributed by atoms with Gasteiger partial charge in [0, 0.05) is 25.2 Å². The molecule has 5 heteroatoms. The summed E-state index contributed by atoms with van der Waals surface area (Å²) in [5.41, 5.74) is 6.36. The average molecular weight is 280 g/mol. The fourth-order valence-electron chi connectivity index (χ4n) is 2.37. The van der Waals surface area contributed by atoms with E-state index < -0.39 is 0 Å². The smallest absolute Gasteiger partial charge is 0.253 e. The minimum atomic E-state index is -0.336. The van der Waals surface area contributed by atoms with Gasteiger partial charge in [0.15, 0.2) is 0 Å². The molecule has 4 nitrogen and oxygen atoms in total. The number of hydrogen-bond donors (Lipinski definition) is 1. The van der Waals surface area contributed by atoms with E-state index in [1.807, 2.05) is 0 Å². The van der Waals surface area contributed by atoms with Crippen LogP contribution in [0.3, 0.4) is 0 Å². The molecule has 110 valence electrons. The van der Waals surface area contributed by atoms with E-state index in [1.165, 1.54) is 6.07 Å². The fraction of sp³-hybridized carbons (Fsp3) is 0.533. The Hall–Kier alpha value is -1.46. The zero-order valence-corrected chi connectivity index (χ0v) is 11.8. The molecule has 0 spiro atoms. The van der Waals surface area contributed by atoms with Gasteiger partial charge in [-0.15, -0.1) is 0 Å². The molecule has 0 atom stereocenters. The summed E-state index contributed by atoms with van der Waals surface area (Å²) in [6.07, 6.45) is 1.79. The summed E-state index contributed by atoms with van der Waals surface area (Å²) in [7, 11) is 0. The summed E-state index contributed by atoms with van der Waals surface area (Å²) in [5.74, 6) is -0.446. The molecule has 0 unspecified atom stereocenters. The Bertz CT molecular complexity index is 471. The second-order valence-electron chi connectivity index (χ2n) is 5.11. The summed E-state index contributed by atoms with van der Waals surface area (Å²) < 4.78 is 19.1. The highest BCUT2D eigenvalue weighted by molar-refractivity contribution is 5.94. The second-order valence-corrected chi connectivity index (χ2v) is 5.11. The van der Waals surface area contributed by atoms with Crippen LogP contribution in [0.1, 0.15) is 28.8 Å². The number of benzene rings is 1. The first-order valence-corrected chi connectivity index (χ1v) is 6.99. The van der Waals surface area contributed by atoms with Crippen LogP contribution in [0.5, 0.6) is 0 Å². The molecule has 2 rings (SSSR count). The van der Waals surface area contributed by atoms with E-state index in [2.05, 4.69) is 0 Å². The van der Waals surface area contributed by atoms with Gasteiger partial charge in [-0.05, 0) is 37.5 Å². The highest BCUT2D eigenvalue weighted by Gasteiger charge is 2.24. The molecule has 0 aromatic heterocycles. The summed E-state index contributed by atoms with van der Waals surface area (Å²) in [6, 6.07) is 4.63. The number of nitrogens with two attached hydrogens (primary N) is 1. The molecule has 0 saturated carbocycles. The molecule has 2 N–H and O–H groups in total. The lowest BCUT2D eigenvalue weighted by molar-refractivity contribution is 0.0121. The third-order valence-electron chi connectivity index (χ3n) is 3.62. The molecule has 1 aromatic carbocycles. The third-order valence-corrected chi connectivity index (χ3v) is 3.62. The molecule has 1 aliphatic heterocycles. The van der Waals surface area contributed by atoms with Gasteiger partial charge in [-0.3, -0.25) is 4.79 Å². The van der Waals surface area contributed by atoms with E-state index in [0.29, 0.717) is 37.4 Å². The predicted molar refractivity (Wildman–Crippen MR) is 75.1 cm³/mol. The van der Waals surface area contributed by atoms with Crippen molar-refractivity contribution in [1.82, 2.24) is 4.90 Å². The number of carbonyl (C=O) groups excluding carboxylic acids is 1. The molecule has 1 fully saturated rings. The van der Waals surface area contributed by atoms with Crippen molar-refractivity contribution in [3.05, 3.63) is 35.1 Å². The van der Waals surface area contributed by atoms with Crippen LogP contribution in [0.4, 0.5) is 4.39 Å². The van der Waals surface area contributed by atoms with E-state index in [0.717, 1.165) is 12.8 Å². The van der Waals surface area contributed by atoms with Gasteiger partial charge in [-0.2, -0.15) is 0 Å². The molecular formula is C15H21FN2O2. The van der Waals surface area contributed by atoms with Crippen LogP contribution in [-0.2, 0) is 4.74 Å². The van der Waals surface area contributed by atoms with Gasteiger partial charge in [0.2, 0.25) is 0 Å². The predicted octanol–water partition coefficient (Wildman–Crippen LogP) is 1.71. The number of ether oxygens (including phenoxy) is 1. The van der Waals surface area contributed by atoms with Crippen molar-refractivity contribution in [3.63, 3.8) is 0 Å². The topological polar surface area (TPSA) is 55.6 Å². The number of amides is 1. The third kappa shape index (κ3) is 3.55. The Kier molecular flexibility index (Phi) is 5.09. The maximum absolute atomic E-state index is 13.5. The van der Waals surface area contributed by atoms with Crippen molar-refractivity contribution in [1.29, 1.82) is 0 Å². The van der Waals surface area contributed by atoms with E-state index in [-0.39, 0.29) is 17.8 Å². The van der Waals surface area contributed by atoms with E-state index >= 15 is 0 Å². The van der Waals surface area contributed by atoms with Crippen LogP contribution in [0.15, 0.2) is 18.2 Å². The van der Waals surface area contributed by atoms with Crippen molar-refractivity contribution >= 4 is 5.91 Å². The van der Waals surface area contributed by atoms with Crippen LogP contribution in [-0.4, -0.2) is 43.2 Å². The first-order valence-electron chi connectivity index (χ1n) is 6.99. The minimum Gasteiger partial charge on any atom is -0.377 e. The van der Waals surface area contributed by atoms with Crippen molar-refractivity contribution in [2.24, 2.45) is 5.73 Å². The van der Waals surface area contributed by atoms with Crippen LogP contribution >= 0.6 is 0 Å². The molecule has 0 aliphatic carbocycles. The Morgan fingerprint density at radius 3 is 2.75 bits per heavy atom. The van der Waals surface area contributed by atoms with Gasteiger partial charge >= 0.3 is 0 Å². The molecule has 1 aliphatic rings. The van der Waals surface area contributed by atoms with Gasteiger partial charge in [0.25, 0.3) is 5.91 Å². The van der Waals surface area contributed by atoms with Crippen LogP contribution in [0.25, 0.3) is 0 Å². The van der Waals surface area contributed by atoms with Gasteiger partial charge in [0.1, 0.15) is 5.82 Å².